The highest BCUT2D eigenvalue weighted by molar-refractivity contribution is 7.80. The molecule has 0 saturated carbocycles. The zero-order chi connectivity index (χ0) is 17.5. The van der Waals surface area contributed by atoms with Crippen LogP contribution in [0.2, 0.25) is 0 Å². The molecule has 0 radical (unpaired) electrons. The number of hydrogen-bond acceptors (Lipinski definition) is 2. The Hall–Kier alpha value is -2.72. The molecule has 1 N–H and O–H groups in total. The highest BCUT2D eigenvalue weighted by atomic mass is 32.1. The zero-order valence-corrected chi connectivity index (χ0v) is 15.0. The number of hydrogen-bond donors (Lipinski definition) is 1. The van der Waals surface area contributed by atoms with Crippen LogP contribution in [0.3, 0.4) is 0 Å². The van der Waals surface area contributed by atoms with Crippen LogP contribution in [-0.2, 0) is 13.1 Å². The molecule has 0 aliphatic heterocycles. The van der Waals surface area contributed by atoms with E-state index in [2.05, 4.69) is 46.4 Å². The van der Waals surface area contributed by atoms with E-state index in [9.17, 15) is 0 Å². The normalized spacial score (nSPS) is 10.3. The van der Waals surface area contributed by atoms with Crippen molar-refractivity contribution >= 4 is 23.0 Å². The van der Waals surface area contributed by atoms with Crippen LogP contribution in [0.25, 0.3) is 0 Å². The third kappa shape index (κ3) is 5.13. The first-order valence-electron chi connectivity index (χ1n) is 8.27. The van der Waals surface area contributed by atoms with Gasteiger partial charge in [-0.1, -0.05) is 48.5 Å². The SMILES string of the molecule is Cc1cccc(NC(=S)N(Cc2ccccc2)Cc2ccccn2)c1. The first kappa shape index (κ1) is 17.1. The van der Waals surface area contributed by atoms with E-state index in [4.69, 9.17) is 12.2 Å². The van der Waals surface area contributed by atoms with Crippen molar-refractivity contribution in [2.75, 3.05) is 5.32 Å². The van der Waals surface area contributed by atoms with Crippen molar-refractivity contribution in [3.05, 3.63) is 95.8 Å². The van der Waals surface area contributed by atoms with E-state index in [1.165, 1.54) is 11.1 Å². The molecular formula is C21H21N3S. The van der Waals surface area contributed by atoms with Gasteiger partial charge in [-0.15, -0.1) is 0 Å². The molecular weight excluding hydrogens is 326 g/mol. The van der Waals surface area contributed by atoms with Crippen LogP contribution in [0.15, 0.2) is 79.0 Å². The van der Waals surface area contributed by atoms with Crippen LogP contribution >= 0.6 is 12.2 Å². The van der Waals surface area contributed by atoms with Crippen LogP contribution in [-0.4, -0.2) is 15.0 Å². The van der Waals surface area contributed by atoms with Gasteiger partial charge in [0.2, 0.25) is 0 Å². The first-order chi connectivity index (χ1) is 12.2. The topological polar surface area (TPSA) is 28.2 Å². The molecule has 3 rings (SSSR count). The van der Waals surface area contributed by atoms with Crippen molar-refractivity contribution < 1.29 is 0 Å². The highest BCUT2D eigenvalue weighted by Gasteiger charge is 2.12. The quantitative estimate of drug-likeness (QED) is 0.672. The summed E-state index contributed by atoms with van der Waals surface area (Å²) in [5.41, 5.74) is 4.41. The number of thiocarbonyl (C=S) groups is 1. The van der Waals surface area contributed by atoms with E-state index in [-0.39, 0.29) is 0 Å². The van der Waals surface area contributed by atoms with E-state index in [0.29, 0.717) is 11.7 Å². The van der Waals surface area contributed by atoms with Crippen molar-refractivity contribution in [3.63, 3.8) is 0 Å². The Bertz CT molecular complexity index is 777. The summed E-state index contributed by atoms with van der Waals surface area (Å²) in [6, 6.07) is 24.5. The van der Waals surface area contributed by atoms with Gasteiger partial charge in [0.1, 0.15) is 0 Å². The minimum Gasteiger partial charge on any atom is -0.339 e. The Labute approximate surface area is 154 Å². The zero-order valence-electron chi connectivity index (χ0n) is 14.2. The minimum atomic E-state index is 0.660. The Balaban J connectivity index is 1.78. The maximum Gasteiger partial charge on any atom is 0.174 e. The molecule has 1 heterocycles. The molecule has 3 aromatic rings. The second kappa shape index (κ2) is 8.40. The van der Waals surface area contributed by atoms with E-state index < -0.39 is 0 Å². The lowest BCUT2D eigenvalue weighted by Gasteiger charge is -2.26. The number of nitrogens with one attached hydrogen (secondary N) is 1. The third-order valence-electron chi connectivity index (χ3n) is 3.85. The van der Waals surface area contributed by atoms with Crippen molar-refractivity contribution in [1.29, 1.82) is 0 Å². The molecule has 0 bridgehead atoms. The molecule has 1 aromatic heterocycles. The molecule has 25 heavy (non-hydrogen) atoms. The predicted octanol–water partition coefficient (Wildman–Crippen LogP) is 4.79. The molecule has 0 unspecified atom stereocenters. The lowest BCUT2D eigenvalue weighted by molar-refractivity contribution is 0.407. The summed E-state index contributed by atoms with van der Waals surface area (Å²) < 4.78 is 0. The van der Waals surface area contributed by atoms with Gasteiger partial charge < -0.3 is 10.2 Å². The predicted molar refractivity (Wildman–Crippen MR) is 107 cm³/mol. The van der Waals surface area contributed by atoms with E-state index in [0.717, 1.165) is 17.9 Å². The first-order valence-corrected chi connectivity index (χ1v) is 8.68. The molecule has 2 aromatic carbocycles. The standard InChI is InChI=1S/C21H21N3S/c1-17-8-7-12-19(14-17)23-21(25)24(15-18-9-3-2-4-10-18)16-20-11-5-6-13-22-20/h2-14H,15-16H2,1H3,(H,23,25). The molecule has 0 aliphatic carbocycles. The molecule has 0 spiro atoms. The summed E-state index contributed by atoms with van der Waals surface area (Å²) in [5.74, 6) is 0. The smallest absolute Gasteiger partial charge is 0.174 e. The summed E-state index contributed by atoms with van der Waals surface area (Å²) in [6.07, 6.45) is 1.81. The average Bonchev–Trinajstić information content (AvgIpc) is 2.63. The number of aromatic nitrogens is 1. The van der Waals surface area contributed by atoms with Crippen molar-refractivity contribution in [1.82, 2.24) is 9.88 Å². The Morgan fingerprint density at radius 2 is 1.76 bits per heavy atom. The average molecular weight is 347 g/mol. The number of pyridine rings is 1. The molecule has 3 nitrogen and oxygen atoms in total. The highest BCUT2D eigenvalue weighted by Crippen LogP contribution is 2.14. The van der Waals surface area contributed by atoms with Crippen LogP contribution in [0.4, 0.5) is 5.69 Å². The van der Waals surface area contributed by atoms with Crippen LogP contribution in [0.1, 0.15) is 16.8 Å². The lowest BCUT2D eigenvalue weighted by Crippen LogP contribution is -2.34. The van der Waals surface area contributed by atoms with E-state index >= 15 is 0 Å². The van der Waals surface area contributed by atoms with Crippen molar-refractivity contribution in [2.45, 2.75) is 20.0 Å². The summed E-state index contributed by atoms with van der Waals surface area (Å²) >= 11 is 5.69. The van der Waals surface area contributed by atoms with E-state index in [1.807, 2.05) is 54.7 Å². The Kier molecular flexibility index (Phi) is 5.75. The lowest BCUT2D eigenvalue weighted by atomic mass is 10.2. The number of aryl methyl sites for hydroxylation is 1. The van der Waals surface area contributed by atoms with Crippen LogP contribution < -0.4 is 5.32 Å². The number of rotatable bonds is 5. The maximum absolute atomic E-state index is 5.69. The van der Waals surface area contributed by atoms with Gasteiger partial charge in [0, 0.05) is 18.4 Å². The van der Waals surface area contributed by atoms with Gasteiger partial charge in [-0.25, -0.2) is 0 Å². The number of benzene rings is 2. The monoisotopic (exact) mass is 347 g/mol. The van der Waals surface area contributed by atoms with Gasteiger partial charge in [0.05, 0.1) is 12.2 Å². The Morgan fingerprint density at radius 3 is 2.48 bits per heavy atom. The molecule has 0 amide bonds. The number of anilines is 1. The van der Waals surface area contributed by atoms with E-state index in [1.54, 1.807) is 0 Å². The van der Waals surface area contributed by atoms with Crippen molar-refractivity contribution in [2.24, 2.45) is 0 Å². The van der Waals surface area contributed by atoms with Gasteiger partial charge in [-0.05, 0) is 54.5 Å². The largest absolute Gasteiger partial charge is 0.339 e. The molecule has 0 fully saturated rings. The summed E-state index contributed by atoms with van der Waals surface area (Å²) in [5, 5.41) is 4.05. The summed E-state index contributed by atoms with van der Waals surface area (Å²) in [7, 11) is 0. The van der Waals surface area contributed by atoms with Gasteiger partial charge in [-0.2, -0.15) is 0 Å². The number of nitrogens with zero attached hydrogens (tertiary/aromatic N) is 2. The molecule has 4 heteroatoms. The Morgan fingerprint density at radius 1 is 0.960 bits per heavy atom. The third-order valence-corrected chi connectivity index (χ3v) is 4.21. The summed E-state index contributed by atoms with van der Waals surface area (Å²) in [6.45, 7) is 3.46. The van der Waals surface area contributed by atoms with Crippen molar-refractivity contribution in [3.8, 4) is 0 Å². The second-order valence-corrected chi connectivity index (χ2v) is 6.35. The van der Waals surface area contributed by atoms with Gasteiger partial charge >= 0.3 is 0 Å². The molecule has 0 aliphatic rings. The van der Waals surface area contributed by atoms with Crippen LogP contribution in [0, 0.1) is 6.92 Å². The van der Waals surface area contributed by atoms with Gasteiger partial charge in [0.25, 0.3) is 0 Å². The fourth-order valence-corrected chi connectivity index (χ4v) is 2.86. The van der Waals surface area contributed by atoms with Crippen LogP contribution in [0.5, 0.6) is 0 Å². The fraction of sp³-hybridized carbons (Fsp3) is 0.143. The molecule has 126 valence electrons. The molecule has 0 atom stereocenters. The molecule has 0 saturated heterocycles. The van der Waals surface area contributed by atoms with Gasteiger partial charge in [0.15, 0.2) is 5.11 Å². The second-order valence-electron chi connectivity index (χ2n) is 5.96. The minimum absolute atomic E-state index is 0.660. The van der Waals surface area contributed by atoms with Gasteiger partial charge in [-0.3, -0.25) is 4.98 Å². The summed E-state index contributed by atoms with van der Waals surface area (Å²) in [4.78, 5) is 6.57. The maximum atomic E-state index is 5.69. The fourth-order valence-electron chi connectivity index (χ4n) is 2.62.